The predicted octanol–water partition coefficient (Wildman–Crippen LogP) is 1.26. The van der Waals surface area contributed by atoms with Gasteiger partial charge in [-0.05, 0) is 31.5 Å². The molecule has 1 saturated heterocycles. The van der Waals surface area contributed by atoms with Crippen LogP contribution in [0.2, 0.25) is 0 Å². The Morgan fingerprint density at radius 2 is 2.17 bits per heavy atom. The number of hydrogen-bond donors (Lipinski definition) is 2. The number of anilines is 2. The molecule has 0 amide bonds. The molecule has 1 aliphatic rings. The van der Waals surface area contributed by atoms with Crippen LogP contribution < -0.4 is 11.1 Å². The van der Waals surface area contributed by atoms with E-state index in [-0.39, 0.29) is 17.0 Å². The van der Waals surface area contributed by atoms with Crippen molar-refractivity contribution in [2.24, 2.45) is 0 Å². The smallest absolute Gasteiger partial charge is 0.175 e. The number of sulfone groups is 1. The third-order valence-electron chi connectivity index (χ3n) is 3.17. The highest BCUT2D eigenvalue weighted by atomic mass is 32.2. The average Bonchev–Trinajstić information content (AvgIpc) is 2.66. The summed E-state index contributed by atoms with van der Waals surface area (Å²) in [6, 6.07) is 4.97. The maximum atomic E-state index is 11.4. The van der Waals surface area contributed by atoms with E-state index in [2.05, 4.69) is 5.32 Å². The molecule has 0 aromatic heterocycles. The van der Waals surface area contributed by atoms with Crippen molar-refractivity contribution >= 4 is 21.2 Å². The summed E-state index contributed by atoms with van der Waals surface area (Å²) in [5.41, 5.74) is 7.07. The molecule has 1 fully saturated rings. The molecule has 0 spiro atoms. The maximum absolute atomic E-state index is 11.4. The van der Waals surface area contributed by atoms with Gasteiger partial charge < -0.3 is 15.8 Å². The van der Waals surface area contributed by atoms with E-state index in [1.165, 1.54) is 12.3 Å². The van der Waals surface area contributed by atoms with Gasteiger partial charge in [0, 0.05) is 12.9 Å². The van der Waals surface area contributed by atoms with Crippen LogP contribution in [-0.2, 0) is 14.6 Å². The van der Waals surface area contributed by atoms with E-state index in [0.717, 1.165) is 18.7 Å². The van der Waals surface area contributed by atoms with E-state index in [1.807, 2.05) is 6.92 Å². The van der Waals surface area contributed by atoms with Crippen LogP contribution in [0, 0.1) is 0 Å². The van der Waals surface area contributed by atoms with Gasteiger partial charge in [-0.2, -0.15) is 0 Å². The minimum atomic E-state index is -3.21. The molecule has 1 heterocycles. The zero-order valence-electron chi connectivity index (χ0n) is 10.5. The third kappa shape index (κ3) is 2.76. The lowest BCUT2D eigenvalue weighted by atomic mass is 10.1. The Labute approximate surface area is 107 Å². The van der Waals surface area contributed by atoms with E-state index in [0.29, 0.717) is 5.69 Å². The fourth-order valence-electron chi connectivity index (χ4n) is 2.02. The molecule has 2 unspecified atom stereocenters. The van der Waals surface area contributed by atoms with Crippen molar-refractivity contribution in [3.63, 3.8) is 0 Å². The van der Waals surface area contributed by atoms with Crippen LogP contribution >= 0.6 is 0 Å². The summed E-state index contributed by atoms with van der Waals surface area (Å²) in [4.78, 5) is 0.237. The highest BCUT2D eigenvalue weighted by molar-refractivity contribution is 7.90. The normalized spacial score (nSPS) is 24.1. The summed E-state index contributed by atoms with van der Waals surface area (Å²) in [6.07, 6.45) is 2.23. The number of rotatable bonds is 3. The summed E-state index contributed by atoms with van der Waals surface area (Å²) in [5.74, 6) is 0. The first-order chi connectivity index (χ1) is 8.38. The Morgan fingerprint density at radius 1 is 1.44 bits per heavy atom. The topological polar surface area (TPSA) is 81.4 Å². The summed E-state index contributed by atoms with van der Waals surface area (Å²) in [6.45, 7) is 2.74. The van der Waals surface area contributed by atoms with Crippen LogP contribution in [0.4, 0.5) is 11.4 Å². The van der Waals surface area contributed by atoms with Gasteiger partial charge in [0.1, 0.15) is 0 Å². The SMILES string of the molecule is CC1OCCC1Nc1ccc(S(C)(=O)=O)cc1N. The number of ether oxygens (including phenoxy) is 1. The second-order valence-corrected chi connectivity index (χ2v) is 6.65. The van der Waals surface area contributed by atoms with Gasteiger partial charge >= 0.3 is 0 Å². The molecule has 6 heteroatoms. The molecule has 0 saturated carbocycles. The summed E-state index contributed by atoms with van der Waals surface area (Å²) in [5, 5.41) is 3.29. The first-order valence-corrected chi connectivity index (χ1v) is 7.75. The number of nitrogens with one attached hydrogen (secondary N) is 1. The molecule has 0 bridgehead atoms. The van der Waals surface area contributed by atoms with Crippen molar-refractivity contribution in [3.8, 4) is 0 Å². The molecule has 1 aromatic carbocycles. The molecule has 1 aliphatic heterocycles. The second kappa shape index (κ2) is 4.78. The summed E-state index contributed by atoms with van der Waals surface area (Å²) < 4.78 is 28.3. The van der Waals surface area contributed by atoms with Crippen molar-refractivity contribution in [2.45, 2.75) is 30.4 Å². The molecular weight excluding hydrogens is 252 g/mol. The lowest BCUT2D eigenvalue weighted by molar-refractivity contribution is 0.121. The first-order valence-electron chi connectivity index (χ1n) is 5.85. The molecule has 0 radical (unpaired) electrons. The molecule has 2 rings (SSSR count). The van der Waals surface area contributed by atoms with Gasteiger partial charge in [-0.15, -0.1) is 0 Å². The lowest BCUT2D eigenvalue weighted by Gasteiger charge is -2.19. The van der Waals surface area contributed by atoms with Crippen LogP contribution in [0.5, 0.6) is 0 Å². The molecule has 5 nitrogen and oxygen atoms in total. The minimum absolute atomic E-state index is 0.138. The monoisotopic (exact) mass is 270 g/mol. The highest BCUT2D eigenvalue weighted by Gasteiger charge is 2.24. The van der Waals surface area contributed by atoms with Crippen LogP contribution in [0.15, 0.2) is 23.1 Å². The molecule has 18 heavy (non-hydrogen) atoms. The van der Waals surface area contributed by atoms with Gasteiger partial charge in [0.2, 0.25) is 0 Å². The standard InChI is InChI=1S/C12H18N2O3S/c1-8-11(5-6-17-8)14-12-4-3-9(7-10(12)13)18(2,15)16/h3-4,7-8,11,14H,5-6,13H2,1-2H3. The fourth-order valence-corrected chi connectivity index (χ4v) is 2.68. The third-order valence-corrected chi connectivity index (χ3v) is 4.28. The zero-order chi connectivity index (χ0) is 13.3. The van der Waals surface area contributed by atoms with Crippen LogP contribution in [0.3, 0.4) is 0 Å². The van der Waals surface area contributed by atoms with Crippen molar-refractivity contribution in [3.05, 3.63) is 18.2 Å². The Hall–Kier alpha value is -1.27. The van der Waals surface area contributed by atoms with Crippen molar-refractivity contribution in [1.29, 1.82) is 0 Å². The minimum Gasteiger partial charge on any atom is -0.397 e. The van der Waals surface area contributed by atoms with Crippen molar-refractivity contribution in [2.75, 3.05) is 23.9 Å². The Morgan fingerprint density at radius 3 is 2.67 bits per heavy atom. The fraction of sp³-hybridized carbons (Fsp3) is 0.500. The Kier molecular flexibility index (Phi) is 3.49. The van der Waals surface area contributed by atoms with Crippen molar-refractivity contribution < 1.29 is 13.2 Å². The molecule has 100 valence electrons. The quantitative estimate of drug-likeness (QED) is 0.808. The number of nitrogens with two attached hydrogens (primary N) is 1. The predicted molar refractivity (Wildman–Crippen MR) is 71.4 cm³/mol. The largest absolute Gasteiger partial charge is 0.397 e. The van der Waals surface area contributed by atoms with Gasteiger partial charge in [0.05, 0.1) is 28.4 Å². The average molecular weight is 270 g/mol. The van der Waals surface area contributed by atoms with Gasteiger partial charge in [-0.1, -0.05) is 0 Å². The van der Waals surface area contributed by atoms with Gasteiger partial charge in [0.15, 0.2) is 9.84 Å². The Bertz CT molecular complexity index is 542. The molecule has 3 N–H and O–H groups in total. The second-order valence-electron chi connectivity index (χ2n) is 4.64. The Balaban J connectivity index is 2.20. The van der Waals surface area contributed by atoms with E-state index < -0.39 is 9.84 Å². The maximum Gasteiger partial charge on any atom is 0.175 e. The van der Waals surface area contributed by atoms with Gasteiger partial charge in [-0.25, -0.2) is 8.42 Å². The summed E-state index contributed by atoms with van der Waals surface area (Å²) in [7, 11) is -3.21. The number of benzene rings is 1. The first kappa shape index (κ1) is 13.2. The zero-order valence-corrected chi connectivity index (χ0v) is 11.3. The van der Waals surface area contributed by atoms with E-state index >= 15 is 0 Å². The summed E-state index contributed by atoms with van der Waals surface area (Å²) >= 11 is 0. The number of hydrogen-bond acceptors (Lipinski definition) is 5. The van der Waals surface area contributed by atoms with Crippen molar-refractivity contribution in [1.82, 2.24) is 0 Å². The highest BCUT2D eigenvalue weighted by Crippen LogP contribution is 2.26. The van der Waals surface area contributed by atoms with Crippen LogP contribution in [-0.4, -0.2) is 33.4 Å². The van der Waals surface area contributed by atoms with Crippen LogP contribution in [0.25, 0.3) is 0 Å². The number of nitrogen functional groups attached to an aromatic ring is 1. The van der Waals surface area contributed by atoms with E-state index in [1.54, 1.807) is 12.1 Å². The molecular formula is C12H18N2O3S. The van der Waals surface area contributed by atoms with E-state index in [9.17, 15) is 8.42 Å². The van der Waals surface area contributed by atoms with Gasteiger partial charge in [0.25, 0.3) is 0 Å². The molecule has 2 atom stereocenters. The van der Waals surface area contributed by atoms with Crippen LogP contribution in [0.1, 0.15) is 13.3 Å². The van der Waals surface area contributed by atoms with Gasteiger partial charge in [-0.3, -0.25) is 0 Å². The lowest BCUT2D eigenvalue weighted by Crippen LogP contribution is -2.27. The van der Waals surface area contributed by atoms with E-state index in [4.69, 9.17) is 10.5 Å². The molecule has 0 aliphatic carbocycles. The molecule has 1 aromatic rings.